The number of carbonyl (C=O) groups excluding carboxylic acids is 2. The minimum Gasteiger partial charge on any atom is -0.481 e. The Balaban J connectivity index is 1.49. The van der Waals surface area contributed by atoms with Crippen LogP contribution in [0.4, 0.5) is 11.4 Å². The zero-order valence-electron chi connectivity index (χ0n) is 21.1. The van der Waals surface area contributed by atoms with Crippen molar-refractivity contribution in [3.63, 3.8) is 0 Å². The van der Waals surface area contributed by atoms with Gasteiger partial charge in [0.2, 0.25) is 17.7 Å². The summed E-state index contributed by atoms with van der Waals surface area (Å²) in [4.78, 5) is 34.7. The lowest BCUT2D eigenvalue weighted by atomic mass is 9.88. The van der Waals surface area contributed by atoms with Gasteiger partial charge in [-0.05, 0) is 44.9 Å². The number of amides is 2. The Morgan fingerprint density at radius 2 is 1.83 bits per heavy atom. The van der Waals surface area contributed by atoms with Crippen molar-refractivity contribution in [1.29, 1.82) is 0 Å². The van der Waals surface area contributed by atoms with Gasteiger partial charge in [0.05, 0.1) is 36.8 Å². The molecule has 9 nitrogen and oxygen atoms in total. The summed E-state index contributed by atoms with van der Waals surface area (Å²) in [5.41, 5.74) is 2.20. The van der Waals surface area contributed by atoms with Gasteiger partial charge in [-0.2, -0.15) is 0 Å². The molecule has 1 aliphatic carbocycles. The van der Waals surface area contributed by atoms with Crippen LogP contribution in [0.25, 0.3) is 5.69 Å². The predicted octanol–water partition coefficient (Wildman–Crippen LogP) is 4.05. The van der Waals surface area contributed by atoms with E-state index < -0.39 is 0 Å². The predicted molar refractivity (Wildman–Crippen MR) is 137 cm³/mol. The summed E-state index contributed by atoms with van der Waals surface area (Å²) in [6.45, 7) is 3.80. The first kappa shape index (κ1) is 24.0. The molecule has 1 fully saturated rings. The van der Waals surface area contributed by atoms with Crippen molar-refractivity contribution in [3.8, 4) is 11.6 Å². The standard InChI is InChI=1S/C27H32N6O3/c1-18(2)32(20-13-14-24(36-3)28-16-20)26(35)17-31-21-11-7-8-12-22(21)33-23(15-25(31)34)29-30-27(33)19-9-5-4-6-10-19/h7-8,11-14,16,18-19H,4-6,9-10,15,17H2,1-3H3. The second kappa shape index (κ2) is 10.1. The van der Waals surface area contributed by atoms with Crippen LogP contribution in [-0.4, -0.2) is 51.3 Å². The zero-order chi connectivity index (χ0) is 25.2. The van der Waals surface area contributed by atoms with Gasteiger partial charge in [0.1, 0.15) is 18.2 Å². The molecule has 0 N–H and O–H groups in total. The molecule has 3 aromatic rings. The molecule has 0 unspecified atom stereocenters. The Labute approximate surface area is 211 Å². The summed E-state index contributed by atoms with van der Waals surface area (Å²) in [6, 6.07) is 11.1. The number of hydrogen-bond donors (Lipinski definition) is 0. The molecule has 2 amide bonds. The zero-order valence-corrected chi connectivity index (χ0v) is 21.1. The van der Waals surface area contributed by atoms with Gasteiger partial charge < -0.3 is 14.5 Å². The lowest BCUT2D eigenvalue weighted by Crippen LogP contribution is -2.46. The van der Waals surface area contributed by atoms with Gasteiger partial charge in [0, 0.05) is 18.0 Å². The molecular weight excluding hydrogens is 456 g/mol. The second-order valence-corrected chi connectivity index (χ2v) is 9.71. The highest BCUT2D eigenvalue weighted by Crippen LogP contribution is 2.37. The lowest BCUT2D eigenvalue weighted by molar-refractivity contribution is -0.122. The van der Waals surface area contributed by atoms with Crippen molar-refractivity contribution in [2.45, 2.75) is 64.3 Å². The molecule has 0 spiro atoms. The molecule has 1 aromatic carbocycles. The summed E-state index contributed by atoms with van der Waals surface area (Å²) < 4.78 is 7.21. The van der Waals surface area contributed by atoms with Crippen molar-refractivity contribution in [2.24, 2.45) is 0 Å². The summed E-state index contributed by atoms with van der Waals surface area (Å²) in [6.07, 6.45) is 7.47. The fourth-order valence-corrected chi connectivity index (χ4v) is 5.33. The normalized spacial score (nSPS) is 15.9. The number of aromatic nitrogens is 4. The van der Waals surface area contributed by atoms with Crippen LogP contribution >= 0.6 is 0 Å². The van der Waals surface area contributed by atoms with Crippen molar-refractivity contribution < 1.29 is 14.3 Å². The van der Waals surface area contributed by atoms with Gasteiger partial charge in [-0.25, -0.2) is 4.98 Å². The maximum absolute atomic E-state index is 13.6. The Morgan fingerprint density at radius 3 is 2.50 bits per heavy atom. The lowest BCUT2D eigenvalue weighted by Gasteiger charge is -2.30. The highest BCUT2D eigenvalue weighted by atomic mass is 16.5. The molecule has 2 aliphatic rings. The Hall–Kier alpha value is -3.75. The van der Waals surface area contributed by atoms with E-state index in [0.717, 1.165) is 24.4 Å². The number of fused-ring (bicyclic) bond motifs is 3. The first-order valence-corrected chi connectivity index (χ1v) is 12.6. The van der Waals surface area contributed by atoms with Crippen LogP contribution in [0.3, 0.4) is 0 Å². The highest BCUT2D eigenvalue weighted by Gasteiger charge is 2.33. The molecule has 0 radical (unpaired) electrons. The fourth-order valence-electron chi connectivity index (χ4n) is 5.33. The number of hydrogen-bond acceptors (Lipinski definition) is 6. The van der Waals surface area contributed by atoms with E-state index in [0.29, 0.717) is 29.0 Å². The van der Waals surface area contributed by atoms with Gasteiger partial charge in [-0.3, -0.25) is 14.2 Å². The number of benzene rings is 1. The monoisotopic (exact) mass is 488 g/mol. The molecule has 1 saturated carbocycles. The Bertz CT molecular complexity index is 1250. The molecule has 3 heterocycles. The second-order valence-electron chi connectivity index (χ2n) is 9.71. The minimum absolute atomic E-state index is 0.0862. The van der Waals surface area contributed by atoms with Gasteiger partial charge in [0.15, 0.2) is 0 Å². The summed E-state index contributed by atoms with van der Waals surface area (Å²) in [5.74, 6) is 1.99. The van der Waals surface area contributed by atoms with E-state index in [1.807, 2.05) is 38.1 Å². The molecule has 0 atom stereocenters. The highest BCUT2D eigenvalue weighted by molar-refractivity contribution is 6.05. The minimum atomic E-state index is -0.190. The van der Waals surface area contributed by atoms with Crippen LogP contribution in [0.2, 0.25) is 0 Å². The average Bonchev–Trinajstić information content (AvgIpc) is 3.26. The third-order valence-electron chi connectivity index (χ3n) is 7.04. The molecule has 1 aliphatic heterocycles. The SMILES string of the molecule is COc1ccc(N(C(=O)CN2C(=O)Cc3nnc(C4CCCCC4)n3-c3ccccc32)C(C)C)cn1. The van der Waals surface area contributed by atoms with Gasteiger partial charge >= 0.3 is 0 Å². The quantitative estimate of drug-likeness (QED) is 0.520. The number of rotatable bonds is 6. The Morgan fingerprint density at radius 1 is 1.08 bits per heavy atom. The van der Waals surface area contributed by atoms with Gasteiger partial charge in [-0.1, -0.05) is 31.4 Å². The van der Waals surface area contributed by atoms with Gasteiger partial charge in [0.25, 0.3) is 0 Å². The first-order valence-electron chi connectivity index (χ1n) is 12.6. The van der Waals surface area contributed by atoms with Gasteiger partial charge in [-0.15, -0.1) is 10.2 Å². The van der Waals surface area contributed by atoms with Crippen LogP contribution in [0.5, 0.6) is 5.88 Å². The third kappa shape index (κ3) is 4.45. The summed E-state index contributed by atoms with van der Waals surface area (Å²) in [7, 11) is 1.55. The topological polar surface area (TPSA) is 93.5 Å². The van der Waals surface area contributed by atoms with E-state index in [4.69, 9.17) is 4.74 Å². The molecule has 188 valence electrons. The smallest absolute Gasteiger partial charge is 0.247 e. The number of anilines is 2. The first-order chi connectivity index (χ1) is 17.5. The number of carbonyl (C=O) groups is 2. The van der Waals surface area contributed by atoms with Crippen molar-refractivity contribution in [2.75, 3.05) is 23.5 Å². The van der Waals surface area contributed by atoms with Crippen LogP contribution in [-0.2, 0) is 16.0 Å². The Kier molecular flexibility index (Phi) is 6.71. The molecule has 2 aromatic heterocycles. The van der Waals surface area contributed by atoms with E-state index in [1.165, 1.54) is 19.3 Å². The van der Waals surface area contributed by atoms with Crippen LogP contribution in [0, 0.1) is 0 Å². The number of para-hydroxylation sites is 2. The molecule has 0 saturated heterocycles. The maximum atomic E-state index is 13.6. The number of methoxy groups -OCH3 is 1. The molecular formula is C27H32N6O3. The summed E-state index contributed by atoms with van der Waals surface area (Å²) in [5, 5.41) is 8.97. The molecule has 36 heavy (non-hydrogen) atoms. The van der Waals surface area contributed by atoms with Crippen LogP contribution in [0.1, 0.15) is 63.5 Å². The average molecular weight is 489 g/mol. The third-order valence-corrected chi connectivity index (χ3v) is 7.04. The van der Waals surface area contributed by atoms with Crippen LogP contribution < -0.4 is 14.5 Å². The van der Waals surface area contributed by atoms with Crippen molar-refractivity contribution >= 4 is 23.2 Å². The largest absolute Gasteiger partial charge is 0.481 e. The maximum Gasteiger partial charge on any atom is 0.247 e. The van der Waals surface area contributed by atoms with Crippen molar-refractivity contribution in [3.05, 3.63) is 54.2 Å². The molecule has 9 heteroatoms. The van der Waals surface area contributed by atoms with E-state index in [-0.39, 0.29) is 30.8 Å². The van der Waals surface area contributed by atoms with E-state index >= 15 is 0 Å². The van der Waals surface area contributed by atoms with Crippen molar-refractivity contribution in [1.82, 2.24) is 19.7 Å². The van der Waals surface area contributed by atoms with E-state index in [9.17, 15) is 9.59 Å². The number of pyridine rings is 1. The summed E-state index contributed by atoms with van der Waals surface area (Å²) >= 11 is 0. The van der Waals surface area contributed by atoms with E-state index in [1.54, 1.807) is 35.2 Å². The molecule has 0 bridgehead atoms. The van der Waals surface area contributed by atoms with Crippen LogP contribution in [0.15, 0.2) is 42.6 Å². The number of nitrogens with zero attached hydrogens (tertiary/aromatic N) is 6. The number of ether oxygens (including phenoxy) is 1. The van der Waals surface area contributed by atoms with E-state index in [2.05, 4.69) is 19.7 Å². The fraction of sp³-hybridized carbons (Fsp3) is 0.444. The molecule has 5 rings (SSSR count).